The maximum atomic E-state index is 12.1. The first-order valence-corrected chi connectivity index (χ1v) is 19.4. The van der Waals surface area contributed by atoms with Gasteiger partial charge >= 0.3 is 11.9 Å². The Balaban J connectivity index is 1.95. The number of unbranched alkanes of at least 4 members (excludes halogenated alkanes) is 9. The number of allylic oxidation sites excluding steroid dienone is 8. The van der Waals surface area contributed by atoms with Crippen LogP contribution in [0.2, 0.25) is 0 Å². The maximum absolute atomic E-state index is 12.1. The monoisotopic (exact) mass is 671 g/mol. The number of aliphatic hydroxyl groups excluding tert-OH is 1. The predicted octanol–water partition coefficient (Wildman–Crippen LogP) is 10.9. The van der Waals surface area contributed by atoms with E-state index in [2.05, 4.69) is 69.4 Å². The van der Waals surface area contributed by atoms with Gasteiger partial charge in [0.2, 0.25) is 0 Å². The van der Waals surface area contributed by atoms with E-state index in [0.717, 1.165) is 63.7 Å². The smallest absolute Gasteiger partial charge is 0.306 e. The first-order chi connectivity index (χ1) is 23.5. The summed E-state index contributed by atoms with van der Waals surface area (Å²) in [5.41, 5.74) is 0. The molecule has 1 saturated heterocycles. The number of carbonyl (C=O) groups is 2. The molecular weight excluding hydrogens is 600 g/mol. The summed E-state index contributed by atoms with van der Waals surface area (Å²) in [6.07, 6.45) is 43.2. The summed E-state index contributed by atoms with van der Waals surface area (Å²) in [5, 5.41) is 9.54. The van der Waals surface area contributed by atoms with Crippen LogP contribution in [0.1, 0.15) is 156 Å². The Morgan fingerprint density at radius 1 is 0.667 bits per heavy atom. The van der Waals surface area contributed by atoms with Gasteiger partial charge in [-0.05, 0) is 57.3 Å². The predicted molar refractivity (Wildman–Crippen MR) is 200 cm³/mol. The summed E-state index contributed by atoms with van der Waals surface area (Å²) in [4.78, 5) is 24.2. The molecule has 3 unspecified atom stereocenters. The lowest BCUT2D eigenvalue weighted by Gasteiger charge is -2.15. The molecule has 6 heteroatoms. The van der Waals surface area contributed by atoms with Crippen molar-refractivity contribution < 1.29 is 28.9 Å². The van der Waals surface area contributed by atoms with Gasteiger partial charge in [0.25, 0.3) is 0 Å². The Hall–Kier alpha value is -2.44. The minimum absolute atomic E-state index is 0.100. The molecule has 1 aliphatic rings. The van der Waals surface area contributed by atoms with Gasteiger partial charge in [-0.25, -0.2) is 0 Å². The van der Waals surface area contributed by atoms with Crippen molar-refractivity contribution >= 4 is 11.9 Å². The third-order valence-electron chi connectivity index (χ3n) is 8.78. The first-order valence-electron chi connectivity index (χ1n) is 19.4. The number of epoxide rings is 1. The van der Waals surface area contributed by atoms with Crippen molar-refractivity contribution in [3.8, 4) is 0 Å². The Labute approximate surface area is 294 Å². The Bertz CT molecular complexity index is 932. The molecule has 0 aromatic heterocycles. The standard InChI is InChI=1S/C42H70O6/c1-4-6-25-31-39-40(48-39)32-27-22-18-14-9-7-8-10-16-20-24-29-34-42(45)47-38(35-43)36-46-41(44)33-28-23-19-15-12-11-13-17-21-26-30-37(3)5-2/h6,8-10,14,20,22,24-25,27,37-40,43H,4-5,7,11-13,15-19,21,23,26,28-36H2,1-3H3/b10-8-,14-9-,24-20-,25-6-,27-22-/t37?,38-,39?,40?/m0/s1. The van der Waals surface area contributed by atoms with E-state index in [1.54, 1.807) is 0 Å². The molecule has 0 radical (unpaired) electrons. The van der Waals surface area contributed by atoms with Gasteiger partial charge in [-0.2, -0.15) is 0 Å². The fraction of sp³-hybridized carbons (Fsp3) is 0.714. The fourth-order valence-electron chi connectivity index (χ4n) is 5.36. The topological polar surface area (TPSA) is 85.4 Å². The molecule has 0 aromatic rings. The van der Waals surface area contributed by atoms with Crippen molar-refractivity contribution in [1.82, 2.24) is 0 Å². The molecule has 274 valence electrons. The maximum Gasteiger partial charge on any atom is 0.306 e. The molecule has 48 heavy (non-hydrogen) atoms. The molecule has 6 nitrogen and oxygen atoms in total. The van der Waals surface area contributed by atoms with Crippen molar-refractivity contribution in [3.63, 3.8) is 0 Å². The lowest BCUT2D eigenvalue weighted by atomic mass is 9.99. The lowest BCUT2D eigenvalue weighted by molar-refractivity contribution is -0.161. The van der Waals surface area contributed by atoms with Crippen LogP contribution in [-0.4, -0.2) is 48.6 Å². The molecule has 0 aromatic carbocycles. The van der Waals surface area contributed by atoms with Crippen LogP contribution in [0.15, 0.2) is 60.8 Å². The van der Waals surface area contributed by atoms with E-state index in [1.165, 1.54) is 57.8 Å². The van der Waals surface area contributed by atoms with Gasteiger partial charge in [0.1, 0.15) is 6.61 Å². The summed E-state index contributed by atoms with van der Waals surface area (Å²) >= 11 is 0. The number of rotatable bonds is 32. The molecule has 1 fully saturated rings. The first kappa shape index (κ1) is 43.6. The average Bonchev–Trinajstić information content (AvgIpc) is 3.84. The van der Waals surface area contributed by atoms with Gasteiger partial charge in [0.05, 0.1) is 18.8 Å². The number of aliphatic hydroxyl groups is 1. The SMILES string of the molecule is CC/C=C\CC1OC1C/C=C\C/C=C\C/C=C\C/C=C\CCC(=O)O[C@@H](CO)COC(=O)CCCCCCCCCCCCC(C)CC. The van der Waals surface area contributed by atoms with Crippen molar-refractivity contribution in [1.29, 1.82) is 0 Å². The molecule has 0 bridgehead atoms. The molecule has 4 atom stereocenters. The quantitative estimate of drug-likeness (QED) is 0.0332. The third kappa shape index (κ3) is 27.5. The van der Waals surface area contributed by atoms with Gasteiger partial charge in [-0.3, -0.25) is 9.59 Å². The highest BCUT2D eigenvalue weighted by molar-refractivity contribution is 5.70. The Morgan fingerprint density at radius 2 is 1.19 bits per heavy atom. The molecule has 1 aliphatic heterocycles. The van der Waals surface area contributed by atoms with Gasteiger partial charge in [0.15, 0.2) is 6.10 Å². The van der Waals surface area contributed by atoms with E-state index in [9.17, 15) is 14.7 Å². The van der Waals surface area contributed by atoms with Crippen LogP contribution < -0.4 is 0 Å². The van der Waals surface area contributed by atoms with Crippen molar-refractivity contribution in [2.24, 2.45) is 5.92 Å². The van der Waals surface area contributed by atoms with Gasteiger partial charge < -0.3 is 19.3 Å². The summed E-state index contributed by atoms with van der Waals surface area (Å²) in [6, 6.07) is 0. The molecule has 1 N–H and O–H groups in total. The van der Waals surface area contributed by atoms with Crippen LogP contribution in [0.5, 0.6) is 0 Å². The molecule has 1 heterocycles. The second-order valence-corrected chi connectivity index (χ2v) is 13.3. The highest BCUT2D eigenvalue weighted by Crippen LogP contribution is 2.29. The number of ether oxygens (including phenoxy) is 3. The minimum Gasteiger partial charge on any atom is -0.462 e. The van der Waals surface area contributed by atoms with Crippen LogP contribution in [0.3, 0.4) is 0 Å². The average molecular weight is 671 g/mol. The summed E-state index contributed by atoms with van der Waals surface area (Å²) in [6.45, 7) is 6.30. The normalized spacial score (nSPS) is 17.8. The Kier molecular flexibility index (Phi) is 28.9. The van der Waals surface area contributed by atoms with E-state index in [-0.39, 0.29) is 25.6 Å². The highest BCUT2D eigenvalue weighted by atomic mass is 16.6. The zero-order chi connectivity index (χ0) is 34.9. The lowest BCUT2D eigenvalue weighted by Crippen LogP contribution is -2.28. The van der Waals surface area contributed by atoms with E-state index in [0.29, 0.717) is 25.0 Å². The molecule has 1 rings (SSSR count). The molecule has 0 saturated carbocycles. The largest absolute Gasteiger partial charge is 0.462 e. The van der Waals surface area contributed by atoms with Crippen LogP contribution in [0, 0.1) is 5.92 Å². The number of carbonyl (C=O) groups excluding carboxylic acids is 2. The van der Waals surface area contributed by atoms with Gasteiger partial charge in [0, 0.05) is 12.8 Å². The zero-order valence-corrected chi connectivity index (χ0v) is 30.8. The third-order valence-corrected chi connectivity index (χ3v) is 8.78. The van der Waals surface area contributed by atoms with E-state index in [1.807, 2.05) is 12.2 Å². The van der Waals surface area contributed by atoms with E-state index in [4.69, 9.17) is 14.2 Å². The molecule has 0 spiro atoms. The fourth-order valence-corrected chi connectivity index (χ4v) is 5.36. The molecule has 0 aliphatic carbocycles. The second-order valence-electron chi connectivity index (χ2n) is 13.3. The highest BCUT2D eigenvalue weighted by Gasteiger charge is 2.35. The van der Waals surface area contributed by atoms with Crippen LogP contribution in [0.25, 0.3) is 0 Å². The zero-order valence-electron chi connectivity index (χ0n) is 30.8. The number of hydrogen-bond acceptors (Lipinski definition) is 6. The Morgan fingerprint density at radius 3 is 1.75 bits per heavy atom. The van der Waals surface area contributed by atoms with Crippen molar-refractivity contribution in [2.75, 3.05) is 13.2 Å². The van der Waals surface area contributed by atoms with Gasteiger partial charge in [-0.1, -0.05) is 152 Å². The minimum atomic E-state index is -0.815. The van der Waals surface area contributed by atoms with E-state index >= 15 is 0 Å². The molecular formula is C42H70O6. The second kappa shape index (κ2) is 31.8. The molecule has 0 amide bonds. The number of hydrogen-bond donors (Lipinski definition) is 1. The summed E-state index contributed by atoms with van der Waals surface area (Å²) in [7, 11) is 0. The number of esters is 2. The van der Waals surface area contributed by atoms with E-state index < -0.39 is 12.1 Å². The summed E-state index contributed by atoms with van der Waals surface area (Å²) in [5.74, 6) is 0.174. The van der Waals surface area contributed by atoms with Crippen LogP contribution in [-0.2, 0) is 23.8 Å². The summed E-state index contributed by atoms with van der Waals surface area (Å²) < 4.78 is 16.2. The van der Waals surface area contributed by atoms with Crippen LogP contribution in [0.4, 0.5) is 0 Å². The van der Waals surface area contributed by atoms with Crippen molar-refractivity contribution in [2.45, 2.75) is 174 Å². The van der Waals surface area contributed by atoms with Crippen molar-refractivity contribution in [3.05, 3.63) is 60.8 Å². The van der Waals surface area contributed by atoms with Crippen LogP contribution >= 0.6 is 0 Å². The van der Waals surface area contributed by atoms with Gasteiger partial charge in [-0.15, -0.1) is 0 Å².